The number of carbonyl (C=O) groups is 4. The molecule has 0 bridgehead atoms. The standard InChI is InChI=1S/C21H37N3O4S/c1-14(2)8-7-9-18(20(27)23-17(13-25)10-11-29-6)24-21(28)19(12-15(3)4)22-16(5)26/h7-8,13-15,17-19H,9-12H2,1-6H3,(H,22,26)(H,23,27)(H,24,28)/b8-7+/t17?,18-,19?/m0/s1. The maximum atomic E-state index is 12.8. The number of amides is 3. The van der Waals surface area contributed by atoms with Crippen molar-refractivity contribution in [2.75, 3.05) is 12.0 Å². The second-order valence-electron chi connectivity index (χ2n) is 7.88. The Morgan fingerprint density at radius 1 is 0.966 bits per heavy atom. The summed E-state index contributed by atoms with van der Waals surface area (Å²) in [6, 6.07) is -2.13. The monoisotopic (exact) mass is 427 g/mol. The molecule has 3 atom stereocenters. The Morgan fingerprint density at radius 2 is 1.59 bits per heavy atom. The molecule has 0 aliphatic rings. The van der Waals surface area contributed by atoms with Crippen LogP contribution in [0.15, 0.2) is 12.2 Å². The largest absolute Gasteiger partial charge is 0.345 e. The fourth-order valence-electron chi connectivity index (χ4n) is 2.64. The average Bonchev–Trinajstić information content (AvgIpc) is 2.62. The van der Waals surface area contributed by atoms with Gasteiger partial charge < -0.3 is 20.7 Å². The predicted molar refractivity (Wildman–Crippen MR) is 119 cm³/mol. The second kappa shape index (κ2) is 15.1. The van der Waals surface area contributed by atoms with Crippen LogP contribution in [0.3, 0.4) is 0 Å². The maximum Gasteiger partial charge on any atom is 0.243 e. The molecule has 0 radical (unpaired) electrons. The van der Waals surface area contributed by atoms with E-state index in [2.05, 4.69) is 16.0 Å². The topological polar surface area (TPSA) is 104 Å². The number of hydrogen-bond donors (Lipinski definition) is 3. The molecule has 2 unspecified atom stereocenters. The lowest BCUT2D eigenvalue weighted by Gasteiger charge is -2.24. The van der Waals surface area contributed by atoms with Crippen LogP contribution in [-0.4, -0.2) is 54.1 Å². The Morgan fingerprint density at radius 3 is 2.07 bits per heavy atom. The van der Waals surface area contributed by atoms with E-state index in [1.165, 1.54) is 6.92 Å². The molecule has 3 amide bonds. The summed E-state index contributed by atoms with van der Waals surface area (Å²) in [6.07, 6.45) is 7.75. The van der Waals surface area contributed by atoms with E-state index in [9.17, 15) is 19.2 Å². The first-order chi connectivity index (χ1) is 13.6. The number of thioether (sulfide) groups is 1. The summed E-state index contributed by atoms with van der Waals surface area (Å²) in [7, 11) is 0. The van der Waals surface area contributed by atoms with Crippen molar-refractivity contribution in [3.05, 3.63) is 12.2 Å². The smallest absolute Gasteiger partial charge is 0.243 e. The molecule has 3 N–H and O–H groups in total. The lowest BCUT2D eigenvalue weighted by Crippen LogP contribution is -2.55. The van der Waals surface area contributed by atoms with Crippen LogP contribution < -0.4 is 16.0 Å². The first kappa shape index (κ1) is 27.2. The zero-order valence-corrected chi connectivity index (χ0v) is 19.3. The van der Waals surface area contributed by atoms with Gasteiger partial charge in [-0.05, 0) is 43.1 Å². The van der Waals surface area contributed by atoms with Crippen molar-refractivity contribution in [2.45, 2.75) is 72.0 Å². The van der Waals surface area contributed by atoms with Gasteiger partial charge in [-0.3, -0.25) is 14.4 Å². The van der Waals surface area contributed by atoms with E-state index in [0.717, 1.165) is 12.0 Å². The van der Waals surface area contributed by atoms with Gasteiger partial charge in [0, 0.05) is 6.92 Å². The van der Waals surface area contributed by atoms with Gasteiger partial charge in [-0.1, -0.05) is 39.8 Å². The molecule has 0 rings (SSSR count). The minimum Gasteiger partial charge on any atom is -0.345 e. The Hall–Kier alpha value is -1.83. The fraction of sp³-hybridized carbons (Fsp3) is 0.714. The van der Waals surface area contributed by atoms with Crippen LogP contribution >= 0.6 is 11.8 Å². The number of nitrogens with one attached hydrogen (secondary N) is 3. The number of allylic oxidation sites excluding steroid dienone is 1. The fourth-order valence-corrected chi connectivity index (χ4v) is 3.13. The molecule has 0 fully saturated rings. The van der Waals surface area contributed by atoms with Crippen LogP contribution in [0.25, 0.3) is 0 Å². The van der Waals surface area contributed by atoms with E-state index < -0.39 is 29.9 Å². The first-order valence-corrected chi connectivity index (χ1v) is 11.5. The summed E-state index contributed by atoms with van der Waals surface area (Å²) >= 11 is 1.59. The minimum atomic E-state index is -0.822. The highest BCUT2D eigenvalue weighted by Gasteiger charge is 2.27. The summed E-state index contributed by atoms with van der Waals surface area (Å²) in [5.74, 6) is 0.135. The van der Waals surface area contributed by atoms with E-state index in [-0.39, 0.29) is 11.8 Å². The van der Waals surface area contributed by atoms with E-state index in [0.29, 0.717) is 25.2 Å². The third-order valence-corrected chi connectivity index (χ3v) is 4.70. The zero-order chi connectivity index (χ0) is 22.4. The van der Waals surface area contributed by atoms with Gasteiger partial charge in [0.2, 0.25) is 17.7 Å². The molecule has 0 aromatic heterocycles. The molecule has 7 nitrogen and oxygen atoms in total. The summed E-state index contributed by atoms with van der Waals surface area (Å²) in [4.78, 5) is 48.2. The Kier molecular flexibility index (Phi) is 14.1. The lowest BCUT2D eigenvalue weighted by molar-refractivity contribution is -0.132. The molecule has 0 aromatic carbocycles. The Labute approximate surface area is 179 Å². The van der Waals surface area contributed by atoms with Gasteiger partial charge in [0.15, 0.2) is 0 Å². The molecular weight excluding hydrogens is 390 g/mol. The van der Waals surface area contributed by atoms with Crippen LogP contribution in [0, 0.1) is 11.8 Å². The number of hydrogen-bond acceptors (Lipinski definition) is 5. The third kappa shape index (κ3) is 13.1. The summed E-state index contributed by atoms with van der Waals surface area (Å²) < 4.78 is 0. The third-order valence-electron chi connectivity index (χ3n) is 4.05. The normalized spacial score (nSPS) is 14.5. The van der Waals surface area contributed by atoms with Crippen molar-refractivity contribution in [3.8, 4) is 0 Å². The van der Waals surface area contributed by atoms with Crippen molar-refractivity contribution in [1.29, 1.82) is 0 Å². The van der Waals surface area contributed by atoms with Gasteiger partial charge in [0.05, 0.1) is 6.04 Å². The maximum absolute atomic E-state index is 12.8. The number of aldehydes is 1. The van der Waals surface area contributed by atoms with Crippen LogP contribution in [0.1, 0.15) is 53.9 Å². The molecule has 0 saturated carbocycles. The van der Waals surface area contributed by atoms with Gasteiger partial charge in [-0.2, -0.15) is 11.8 Å². The molecule has 29 heavy (non-hydrogen) atoms. The zero-order valence-electron chi connectivity index (χ0n) is 18.5. The minimum absolute atomic E-state index is 0.191. The molecule has 0 heterocycles. The summed E-state index contributed by atoms with van der Waals surface area (Å²) in [6.45, 7) is 9.31. The van der Waals surface area contributed by atoms with Crippen LogP contribution in [0.2, 0.25) is 0 Å². The molecule has 0 aliphatic heterocycles. The average molecular weight is 428 g/mol. The Bertz CT molecular complexity index is 564. The Balaban J connectivity index is 5.30. The van der Waals surface area contributed by atoms with Gasteiger partial charge in [0.1, 0.15) is 18.4 Å². The van der Waals surface area contributed by atoms with E-state index in [4.69, 9.17) is 0 Å². The summed E-state index contributed by atoms with van der Waals surface area (Å²) in [5, 5.41) is 8.11. The van der Waals surface area contributed by atoms with Gasteiger partial charge in [-0.15, -0.1) is 0 Å². The molecule has 0 aliphatic carbocycles. The highest BCUT2D eigenvalue weighted by atomic mass is 32.2. The van der Waals surface area contributed by atoms with Crippen molar-refractivity contribution in [1.82, 2.24) is 16.0 Å². The molecule has 0 spiro atoms. The SMILES string of the molecule is CSCCC(C=O)NC(=O)[C@H](C/C=C/C(C)C)NC(=O)C(CC(C)C)NC(C)=O. The summed E-state index contributed by atoms with van der Waals surface area (Å²) in [5.41, 5.74) is 0. The molecule has 0 saturated heterocycles. The number of carbonyl (C=O) groups excluding carboxylic acids is 4. The highest BCUT2D eigenvalue weighted by molar-refractivity contribution is 7.98. The van der Waals surface area contributed by atoms with Gasteiger partial charge >= 0.3 is 0 Å². The molecule has 166 valence electrons. The molecule has 0 aromatic rings. The van der Waals surface area contributed by atoms with Crippen molar-refractivity contribution in [3.63, 3.8) is 0 Å². The second-order valence-corrected chi connectivity index (χ2v) is 8.87. The van der Waals surface area contributed by atoms with Gasteiger partial charge in [0.25, 0.3) is 0 Å². The van der Waals surface area contributed by atoms with Crippen molar-refractivity contribution < 1.29 is 19.2 Å². The van der Waals surface area contributed by atoms with Crippen LogP contribution in [0.4, 0.5) is 0 Å². The van der Waals surface area contributed by atoms with E-state index in [1.54, 1.807) is 11.8 Å². The van der Waals surface area contributed by atoms with E-state index in [1.807, 2.05) is 46.1 Å². The quantitative estimate of drug-likeness (QED) is 0.291. The first-order valence-electron chi connectivity index (χ1n) is 10.1. The predicted octanol–water partition coefficient (Wildman–Crippen LogP) is 2.06. The molecule has 8 heteroatoms. The van der Waals surface area contributed by atoms with Crippen LogP contribution in [-0.2, 0) is 19.2 Å². The van der Waals surface area contributed by atoms with Crippen molar-refractivity contribution >= 4 is 35.8 Å². The number of rotatable bonds is 14. The highest BCUT2D eigenvalue weighted by Crippen LogP contribution is 2.07. The van der Waals surface area contributed by atoms with Crippen LogP contribution in [0.5, 0.6) is 0 Å². The van der Waals surface area contributed by atoms with Gasteiger partial charge in [-0.25, -0.2) is 0 Å². The molecular formula is C21H37N3O4S. The lowest BCUT2D eigenvalue weighted by atomic mass is 10.0. The van der Waals surface area contributed by atoms with Crippen molar-refractivity contribution in [2.24, 2.45) is 11.8 Å². The van der Waals surface area contributed by atoms with E-state index >= 15 is 0 Å².